The van der Waals surface area contributed by atoms with Gasteiger partial charge in [0.2, 0.25) is 0 Å². The molecule has 0 fully saturated rings. The van der Waals surface area contributed by atoms with Crippen molar-refractivity contribution in [1.82, 2.24) is 10.3 Å². The molecule has 0 bridgehead atoms. The zero-order chi connectivity index (χ0) is 15.8. The second kappa shape index (κ2) is 8.39. The Morgan fingerprint density at radius 3 is 2.57 bits per heavy atom. The molecule has 0 radical (unpaired) electrons. The Kier molecular flexibility index (Phi) is 6.85. The van der Waals surface area contributed by atoms with Crippen LogP contribution in [-0.4, -0.2) is 28.5 Å². The maximum Gasteiger partial charge on any atom is 0.337 e. The van der Waals surface area contributed by atoms with E-state index < -0.39 is 5.97 Å². The summed E-state index contributed by atoms with van der Waals surface area (Å²) < 4.78 is 0. The van der Waals surface area contributed by atoms with E-state index in [0.29, 0.717) is 18.2 Å². The van der Waals surface area contributed by atoms with Gasteiger partial charge in [-0.2, -0.15) is 0 Å². The van der Waals surface area contributed by atoms with Crippen LogP contribution in [-0.2, 0) is 0 Å². The molecule has 1 aromatic rings. The highest BCUT2D eigenvalue weighted by molar-refractivity contribution is 5.94. The molecule has 116 valence electrons. The van der Waals surface area contributed by atoms with Crippen molar-refractivity contribution in [2.24, 2.45) is 5.92 Å². The summed E-state index contributed by atoms with van der Waals surface area (Å²) in [5.74, 6) is -0.796. The van der Waals surface area contributed by atoms with E-state index in [2.05, 4.69) is 24.1 Å². The summed E-state index contributed by atoms with van der Waals surface area (Å²) >= 11 is 0. The molecule has 5 nitrogen and oxygen atoms in total. The number of pyridine rings is 1. The number of nitrogens with zero attached hydrogens (tertiary/aromatic N) is 1. The first kappa shape index (κ1) is 17.1. The van der Waals surface area contributed by atoms with Crippen LogP contribution in [0.25, 0.3) is 0 Å². The average Bonchev–Trinajstić information content (AvgIpc) is 2.46. The minimum Gasteiger partial charge on any atom is -0.478 e. The van der Waals surface area contributed by atoms with Gasteiger partial charge in [0, 0.05) is 6.54 Å². The van der Waals surface area contributed by atoms with Crippen LogP contribution < -0.4 is 5.32 Å². The third-order valence-electron chi connectivity index (χ3n) is 3.64. The smallest absolute Gasteiger partial charge is 0.337 e. The van der Waals surface area contributed by atoms with E-state index in [9.17, 15) is 9.59 Å². The molecule has 0 aliphatic heterocycles. The molecule has 5 heteroatoms. The number of aromatic carboxylic acids is 1. The lowest BCUT2D eigenvalue weighted by Crippen LogP contribution is -2.30. The van der Waals surface area contributed by atoms with Gasteiger partial charge in [-0.3, -0.25) is 4.79 Å². The van der Waals surface area contributed by atoms with E-state index in [4.69, 9.17) is 5.11 Å². The van der Waals surface area contributed by atoms with E-state index >= 15 is 0 Å². The van der Waals surface area contributed by atoms with Crippen molar-refractivity contribution in [1.29, 1.82) is 0 Å². The minimum absolute atomic E-state index is 0.126. The summed E-state index contributed by atoms with van der Waals surface area (Å²) in [6, 6.07) is 2.88. The normalized spacial score (nSPS) is 12.0. The summed E-state index contributed by atoms with van der Waals surface area (Å²) in [5.41, 5.74) is 0.747. The predicted molar refractivity (Wildman–Crippen MR) is 81.6 cm³/mol. The fourth-order valence-corrected chi connectivity index (χ4v) is 2.18. The number of aromatic nitrogens is 1. The largest absolute Gasteiger partial charge is 0.478 e. The van der Waals surface area contributed by atoms with Crippen molar-refractivity contribution in [2.75, 3.05) is 6.54 Å². The molecule has 1 unspecified atom stereocenters. The van der Waals surface area contributed by atoms with Crippen molar-refractivity contribution in [2.45, 2.75) is 46.5 Å². The Balaban J connectivity index is 2.63. The van der Waals surface area contributed by atoms with Gasteiger partial charge in [0.25, 0.3) is 5.91 Å². The minimum atomic E-state index is -1.03. The molecular weight excluding hydrogens is 268 g/mol. The highest BCUT2D eigenvalue weighted by atomic mass is 16.4. The number of amides is 1. The first-order chi connectivity index (χ1) is 9.99. The number of carboxylic acids is 1. The third kappa shape index (κ3) is 5.17. The number of unbranched alkanes of at least 4 members (excludes halogenated alkanes) is 1. The van der Waals surface area contributed by atoms with E-state index in [-0.39, 0.29) is 17.2 Å². The summed E-state index contributed by atoms with van der Waals surface area (Å²) in [6.45, 7) is 6.51. The van der Waals surface area contributed by atoms with Crippen LogP contribution in [0.1, 0.15) is 66.1 Å². The van der Waals surface area contributed by atoms with Crippen molar-refractivity contribution in [3.8, 4) is 0 Å². The Morgan fingerprint density at radius 1 is 1.33 bits per heavy atom. The van der Waals surface area contributed by atoms with Crippen LogP contribution in [0.4, 0.5) is 0 Å². The van der Waals surface area contributed by atoms with Gasteiger partial charge in [-0.05, 0) is 31.4 Å². The molecule has 21 heavy (non-hydrogen) atoms. The molecular formula is C16H24N2O3. The molecule has 1 aromatic heterocycles. The van der Waals surface area contributed by atoms with Gasteiger partial charge in [0.15, 0.2) is 0 Å². The number of nitrogens with one attached hydrogen (secondary N) is 1. The predicted octanol–water partition coefficient (Wildman–Crippen LogP) is 3.03. The van der Waals surface area contributed by atoms with Gasteiger partial charge in [-0.15, -0.1) is 0 Å². The van der Waals surface area contributed by atoms with Crippen LogP contribution in [0.3, 0.4) is 0 Å². The van der Waals surface area contributed by atoms with Gasteiger partial charge in [-0.25, -0.2) is 9.78 Å². The van der Waals surface area contributed by atoms with Gasteiger partial charge < -0.3 is 10.4 Å². The summed E-state index contributed by atoms with van der Waals surface area (Å²) in [6.07, 6.45) is 4.46. The van der Waals surface area contributed by atoms with Gasteiger partial charge in [0.1, 0.15) is 5.69 Å². The van der Waals surface area contributed by atoms with Gasteiger partial charge >= 0.3 is 5.97 Å². The second-order valence-corrected chi connectivity index (χ2v) is 5.26. The van der Waals surface area contributed by atoms with E-state index in [1.165, 1.54) is 18.6 Å². The number of hydrogen-bond donors (Lipinski definition) is 2. The second-order valence-electron chi connectivity index (χ2n) is 5.26. The first-order valence-corrected chi connectivity index (χ1v) is 7.48. The number of carboxylic acid groups (broad SMARTS) is 1. The number of carbonyl (C=O) groups is 2. The molecule has 1 heterocycles. The topological polar surface area (TPSA) is 79.3 Å². The standard InChI is InChI=1S/C16H24N2O3/c1-4-6-7-12(5-2)10-17-15(19)14-9-8-13(16(20)21)11(3)18-14/h8-9,12H,4-7,10H2,1-3H3,(H,17,19)(H,20,21). The van der Waals surface area contributed by atoms with Crippen LogP contribution in [0.5, 0.6) is 0 Å². The highest BCUT2D eigenvalue weighted by Gasteiger charge is 2.14. The fraction of sp³-hybridized carbons (Fsp3) is 0.562. The van der Waals surface area contributed by atoms with Crippen molar-refractivity contribution < 1.29 is 14.7 Å². The lowest BCUT2D eigenvalue weighted by molar-refractivity contribution is 0.0694. The Bertz CT molecular complexity index is 500. The molecule has 1 amide bonds. The molecule has 1 atom stereocenters. The number of aryl methyl sites for hydroxylation is 1. The van der Waals surface area contributed by atoms with Crippen molar-refractivity contribution >= 4 is 11.9 Å². The quantitative estimate of drug-likeness (QED) is 0.772. The van der Waals surface area contributed by atoms with Gasteiger partial charge in [-0.1, -0.05) is 33.1 Å². The summed E-state index contributed by atoms with van der Waals surface area (Å²) in [5, 5.41) is 11.8. The zero-order valence-corrected chi connectivity index (χ0v) is 13.0. The van der Waals surface area contributed by atoms with Gasteiger partial charge in [0.05, 0.1) is 11.3 Å². The van der Waals surface area contributed by atoms with Crippen molar-refractivity contribution in [3.05, 3.63) is 29.1 Å². The molecule has 0 aliphatic carbocycles. The molecule has 1 rings (SSSR count). The molecule has 0 aromatic carbocycles. The Morgan fingerprint density at radius 2 is 2.05 bits per heavy atom. The summed E-state index contributed by atoms with van der Waals surface area (Å²) in [4.78, 5) is 27.0. The SMILES string of the molecule is CCCCC(CC)CNC(=O)c1ccc(C(=O)O)c(C)n1. The first-order valence-electron chi connectivity index (χ1n) is 7.48. The Hall–Kier alpha value is -1.91. The Labute approximate surface area is 125 Å². The number of carbonyl (C=O) groups excluding carboxylic acids is 1. The van der Waals surface area contributed by atoms with E-state index in [0.717, 1.165) is 19.3 Å². The van der Waals surface area contributed by atoms with Crippen molar-refractivity contribution in [3.63, 3.8) is 0 Å². The molecule has 2 N–H and O–H groups in total. The maximum atomic E-state index is 12.1. The lowest BCUT2D eigenvalue weighted by Gasteiger charge is -2.15. The fourth-order valence-electron chi connectivity index (χ4n) is 2.18. The van der Waals surface area contributed by atoms with E-state index in [1.54, 1.807) is 6.92 Å². The summed E-state index contributed by atoms with van der Waals surface area (Å²) in [7, 11) is 0. The number of rotatable bonds is 8. The maximum absolute atomic E-state index is 12.1. The lowest BCUT2D eigenvalue weighted by atomic mass is 9.99. The monoisotopic (exact) mass is 292 g/mol. The van der Waals surface area contributed by atoms with Crippen LogP contribution in [0.2, 0.25) is 0 Å². The van der Waals surface area contributed by atoms with Crippen LogP contribution >= 0.6 is 0 Å². The zero-order valence-electron chi connectivity index (χ0n) is 13.0. The van der Waals surface area contributed by atoms with Crippen LogP contribution in [0, 0.1) is 12.8 Å². The van der Waals surface area contributed by atoms with Crippen LogP contribution in [0.15, 0.2) is 12.1 Å². The number of hydrogen-bond acceptors (Lipinski definition) is 3. The highest BCUT2D eigenvalue weighted by Crippen LogP contribution is 2.12. The molecule has 0 aliphatic rings. The molecule has 0 spiro atoms. The average molecular weight is 292 g/mol. The molecule has 0 saturated carbocycles. The van der Waals surface area contributed by atoms with E-state index in [1.807, 2.05) is 0 Å². The third-order valence-corrected chi connectivity index (χ3v) is 3.64. The molecule has 0 saturated heterocycles.